The van der Waals surface area contributed by atoms with Crippen LogP contribution in [0.1, 0.15) is 31.4 Å². The lowest BCUT2D eigenvalue weighted by Gasteiger charge is -2.26. The smallest absolute Gasteiger partial charge is 0.251 e. The van der Waals surface area contributed by atoms with Crippen LogP contribution in [0.4, 0.5) is 16.0 Å². The summed E-state index contributed by atoms with van der Waals surface area (Å²) in [4.78, 5) is 18.4. The number of carbonyl (C=O) groups is 1. The minimum Gasteiger partial charge on any atom is -0.372 e. The number of hydrogen-bond donors (Lipinski definition) is 1. The Balaban J connectivity index is 1.61. The maximum Gasteiger partial charge on any atom is 0.251 e. The Morgan fingerprint density at radius 1 is 1.36 bits per heavy atom. The molecule has 146 valence electrons. The van der Waals surface area contributed by atoms with Gasteiger partial charge >= 0.3 is 0 Å². The molecule has 2 aromatic heterocycles. The second kappa shape index (κ2) is 7.93. The Morgan fingerprint density at radius 3 is 3.07 bits per heavy atom. The highest BCUT2D eigenvalue weighted by molar-refractivity contribution is 5.91. The van der Waals surface area contributed by atoms with Crippen molar-refractivity contribution in [3.05, 3.63) is 54.0 Å². The fourth-order valence-electron chi connectivity index (χ4n) is 3.58. The van der Waals surface area contributed by atoms with E-state index in [1.54, 1.807) is 22.8 Å². The van der Waals surface area contributed by atoms with E-state index in [9.17, 15) is 9.18 Å². The average Bonchev–Trinajstić information content (AvgIpc) is 3.33. The molecule has 1 aromatic carbocycles. The third-order valence-corrected chi connectivity index (χ3v) is 4.83. The summed E-state index contributed by atoms with van der Waals surface area (Å²) in [5.41, 5.74) is 1.58. The maximum atomic E-state index is 13.7. The van der Waals surface area contributed by atoms with Crippen LogP contribution < -0.4 is 10.2 Å². The van der Waals surface area contributed by atoms with Gasteiger partial charge in [0.25, 0.3) is 5.91 Å². The number of anilines is 2. The van der Waals surface area contributed by atoms with Crippen LogP contribution in [0, 0.1) is 5.82 Å². The van der Waals surface area contributed by atoms with Crippen molar-refractivity contribution in [2.24, 2.45) is 0 Å². The van der Waals surface area contributed by atoms with Crippen molar-refractivity contribution < 1.29 is 13.9 Å². The molecule has 1 N–H and O–H groups in total. The van der Waals surface area contributed by atoms with Crippen LogP contribution in [0.3, 0.4) is 0 Å². The highest BCUT2D eigenvalue weighted by atomic mass is 19.1. The molecule has 7 nitrogen and oxygen atoms in total. The zero-order valence-electron chi connectivity index (χ0n) is 15.6. The number of halogens is 1. The zero-order chi connectivity index (χ0) is 19.5. The minimum absolute atomic E-state index is 0.0167. The van der Waals surface area contributed by atoms with Crippen molar-refractivity contribution in [3.63, 3.8) is 0 Å². The second-order valence-corrected chi connectivity index (χ2v) is 6.70. The monoisotopic (exact) mass is 383 g/mol. The van der Waals surface area contributed by atoms with E-state index in [0.29, 0.717) is 18.1 Å². The van der Waals surface area contributed by atoms with Gasteiger partial charge in [-0.05, 0) is 49.6 Å². The molecule has 0 saturated carbocycles. The van der Waals surface area contributed by atoms with Gasteiger partial charge in [-0.15, -0.1) is 5.10 Å². The summed E-state index contributed by atoms with van der Waals surface area (Å²) in [5, 5.41) is 7.45. The Labute approximate surface area is 162 Å². The van der Waals surface area contributed by atoms with Crippen LogP contribution >= 0.6 is 0 Å². The van der Waals surface area contributed by atoms with Gasteiger partial charge in [-0.25, -0.2) is 9.37 Å². The molecule has 1 aliphatic heterocycles. The Bertz CT molecular complexity index is 990. The second-order valence-electron chi connectivity index (χ2n) is 6.70. The van der Waals surface area contributed by atoms with Gasteiger partial charge in [0, 0.05) is 13.2 Å². The number of aromatic nitrogens is 3. The molecule has 0 radical (unpaired) electrons. The van der Waals surface area contributed by atoms with Gasteiger partial charge in [-0.1, -0.05) is 12.1 Å². The normalized spacial score (nSPS) is 16.6. The third kappa shape index (κ3) is 3.68. The number of fused-ring (bicyclic) bond motifs is 1. The standard InChI is InChI=1S/C20H22FN5O2/c1-2-28-13-20(27)23-19-12-22-17-8-9-18(24-26(17)19)25-10-4-7-16(25)14-5-3-6-15(21)11-14/h3,5-6,8-9,11-12,16H,2,4,7,10,13H2,1H3,(H,23,27)/t16-/m1/s1. The number of imidazole rings is 1. The molecule has 28 heavy (non-hydrogen) atoms. The van der Waals surface area contributed by atoms with E-state index >= 15 is 0 Å². The first-order valence-electron chi connectivity index (χ1n) is 9.40. The lowest BCUT2D eigenvalue weighted by atomic mass is 10.0. The van der Waals surface area contributed by atoms with Crippen molar-refractivity contribution in [2.45, 2.75) is 25.8 Å². The lowest BCUT2D eigenvalue weighted by molar-refractivity contribution is -0.120. The largest absolute Gasteiger partial charge is 0.372 e. The lowest BCUT2D eigenvalue weighted by Crippen LogP contribution is -2.25. The van der Waals surface area contributed by atoms with Gasteiger partial charge in [0.2, 0.25) is 0 Å². The van der Waals surface area contributed by atoms with E-state index in [2.05, 4.69) is 20.3 Å². The molecule has 0 unspecified atom stereocenters. The number of ether oxygens (including phenoxy) is 1. The van der Waals surface area contributed by atoms with Crippen LogP contribution in [-0.4, -0.2) is 40.3 Å². The Hall–Kier alpha value is -3.00. The topological polar surface area (TPSA) is 71.8 Å². The molecule has 1 atom stereocenters. The van der Waals surface area contributed by atoms with Crippen LogP contribution in [0.2, 0.25) is 0 Å². The molecule has 0 spiro atoms. The number of rotatable bonds is 6. The van der Waals surface area contributed by atoms with Gasteiger partial charge in [0.15, 0.2) is 11.5 Å². The van der Waals surface area contributed by atoms with Crippen molar-refractivity contribution in [1.82, 2.24) is 14.6 Å². The van der Waals surface area contributed by atoms with Crippen molar-refractivity contribution >= 4 is 23.2 Å². The maximum absolute atomic E-state index is 13.7. The Morgan fingerprint density at radius 2 is 2.25 bits per heavy atom. The molecular weight excluding hydrogens is 361 g/mol. The number of benzene rings is 1. The predicted octanol–water partition coefficient (Wildman–Crippen LogP) is 3.18. The summed E-state index contributed by atoms with van der Waals surface area (Å²) in [6.45, 7) is 3.12. The van der Waals surface area contributed by atoms with Gasteiger partial charge < -0.3 is 15.0 Å². The van der Waals surface area contributed by atoms with E-state index in [-0.39, 0.29) is 24.4 Å². The first-order valence-corrected chi connectivity index (χ1v) is 9.40. The number of nitrogens with zero attached hydrogens (tertiary/aromatic N) is 4. The molecule has 3 aromatic rings. The van der Waals surface area contributed by atoms with Crippen LogP contribution in [-0.2, 0) is 9.53 Å². The minimum atomic E-state index is -0.255. The Kier molecular flexibility index (Phi) is 5.21. The van der Waals surface area contributed by atoms with Crippen LogP contribution in [0.5, 0.6) is 0 Å². The van der Waals surface area contributed by atoms with Crippen molar-refractivity contribution in [2.75, 3.05) is 30.0 Å². The fourth-order valence-corrected chi connectivity index (χ4v) is 3.58. The predicted molar refractivity (Wildman–Crippen MR) is 104 cm³/mol. The third-order valence-electron chi connectivity index (χ3n) is 4.83. The molecule has 1 fully saturated rings. The van der Waals surface area contributed by atoms with Crippen LogP contribution in [0.15, 0.2) is 42.6 Å². The van der Waals surface area contributed by atoms with Gasteiger partial charge in [0.05, 0.1) is 12.2 Å². The molecule has 1 saturated heterocycles. The summed E-state index contributed by atoms with van der Waals surface area (Å²) in [6.07, 6.45) is 3.51. The quantitative estimate of drug-likeness (QED) is 0.708. The average molecular weight is 383 g/mol. The molecule has 1 amide bonds. The summed E-state index contributed by atoms with van der Waals surface area (Å²) < 4.78 is 20.4. The van der Waals surface area contributed by atoms with E-state index in [1.807, 2.05) is 25.1 Å². The molecule has 8 heteroatoms. The van der Waals surface area contributed by atoms with Gasteiger partial charge in [0.1, 0.15) is 18.2 Å². The molecule has 1 aliphatic rings. The van der Waals surface area contributed by atoms with Gasteiger partial charge in [-0.3, -0.25) is 4.79 Å². The van der Waals surface area contributed by atoms with Crippen LogP contribution in [0.25, 0.3) is 5.65 Å². The van der Waals surface area contributed by atoms with E-state index in [4.69, 9.17) is 4.74 Å². The number of nitrogens with one attached hydrogen (secondary N) is 1. The SMILES string of the molecule is CCOCC(=O)Nc1cnc2ccc(N3CCC[C@@H]3c3cccc(F)c3)nn12. The summed E-state index contributed by atoms with van der Waals surface area (Å²) in [6, 6.07) is 10.6. The molecule has 4 rings (SSSR count). The van der Waals surface area contributed by atoms with Crippen molar-refractivity contribution in [1.29, 1.82) is 0 Å². The molecule has 0 aliphatic carbocycles. The summed E-state index contributed by atoms with van der Waals surface area (Å²) in [7, 11) is 0. The first-order chi connectivity index (χ1) is 13.7. The number of hydrogen-bond acceptors (Lipinski definition) is 5. The van der Waals surface area contributed by atoms with E-state index in [1.165, 1.54) is 6.07 Å². The fraction of sp³-hybridized carbons (Fsp3) is 0.350. The first kappa shape index (κ1) is 18.4. The number of amides is 1. The zero-order valence-corrected chi connectivity index (χ0v) is 15.6. The van der Waals surface area contributed by atoms with Crippen molar-refractivity contribution in [3.8, 4) is 0 Å². The van der Waals surface area contributed by atoms with Gasteiger partial charge in [-0.2, -0.15) is 4.52 Å². The molecule has 3 heterocycles. The summed E-state index contributed by atoms with van der Waals surface area (Å²) in [5.74, 6) is 0.761. The molecular formula is C20H22FN5O2. The summed E-state index contributed by atoms with van der Waals surface area (Å²) >= 11 is 0. The van der Waals surface area contributed by atoms with E-state index in [0.717, 1.165) is 30.8 Å². The highest BCUT2D eigenvalue weighted by Gasteiger charge is 2.28. The highest BCUT2D eigenvalue weighted by Crippen LogP contribution is 2.35. The molecule has 0 bridgehead atoms. The van der Waals surface area contributed by atoms with E-state index < -0.39 is 0 Å². The number of carbonyl (C=O) groups excluding carboxylic acids is 1.